The zero-order valence-corrected chi connectivity index (χ0v) is 17.5. The average Bonchev–Trinajstić information content (AvgIpc) is 3.24. The van der Waals surface area contributed by atoms with Crippen molar-refractivity contribution in [1.82, 2.24) is 19.7 Å². The Balaban J connectivity index is 1.50. The highest BCUT2D eigenvalue weighted by Crippen LogP contribution is 2.27. The molecule has 0 atom stereocenters. The lowest BCUT2D eigenvalue weighted by Crippen LogP contribution is -2.21. The number of pyridine rings is 2. The van der Waals surface area contributed by atoms with Crippen LogP contribution in [0.1, 0.15) is 10.5 Å². The van der Waals surface area contributed by atoms with Crippen molar-refractivity contribution < 1.29 is 19.1 Å². The maximum atomic E-state index is 13.6. The average molecular weight is 453 g/mol. The van der Waals surface area contributed by atoms with E-state index < -0.39 is 12.0 Å². The number of amides is 1. The van der Waals surface area contributed by atoms with Gasteiger partial charge in [-0.15, -0.1) is 0 Å². The van der Waals surface area contributed by atoms with Gasteiger partial charge in [-0.1, -0.05) is 24.3 Å². The van der Waals surface area contributed by atoms with Crippen molar-refractivity contribution in [3.8, 4) is 22.3 Å². The van der Waals surface area contributed by atoms with E-state index in [0.717, 1.165) is 15.8 Å². The molecular formula is C25H16FN5O3. The van der Waals surface area contributed by atoms with Crippen LogP contribution in [0.2, 0.25) is 0 Å². The van der Waals surface area contributed by atoms with E-state index in [2.05, 4.69) is 20.4 Å². The molecule has 0 saturated heterocycles. The smallest absolute Gasteiger partial charge is 0.357 e. The van der Waals surface area contributed by atoms with E-state index in [4.69, 9.17) is 0 Å². The number of benzene rings is 2. The number of aromatic nitrogens is 4. The fraction of sp³-hybridized carbons (Fsp3) is 0. The molecule has 3 heterocycles. The summed E-state index contributed by atoms with van der Waals surface area (Å²) in [5, 5.41) is 16.7. The van der Waals surface area contributed by atoms with Crippen LogP contribution in [-0.2, 0) is 0 Å². The SMILES string of the molecule is O=C(O)c1nn(C(=O)Nc2cncc(-c3cccc(F)c3)c2)c2ccc(-c3cccnc3)cc12. The number of hydrogen-bond acceptors (Lipinski definition) is 5. The van der Waals surface area contributed by atoms with Crippen molar-refractivity contribution >= 4 is 28.6 Å². The lowest BCUT2D eigenvalue weighted by Gasteiger charge is -2.08. The molecule has 0 fully saturated rings. The zero-order valence-electron chi connectivity index (χ0n) is 17.5. The Morgan fingerprint density at radius 2 is 1.65 bits per heavy atom. The van der Waals surface area contributed by atoms with Gasteiger partial charge in [0.1, 0.15) is 5.82 Å². The maximum Gasteiger partial charge on any atom is 0.357 e. The molecule has 5 aromatic rings. The number of aromatic carboxylic acids is 1. The summed E-state index contributed by atoms with van der Waals surface area (Å²) in [7, 11) is 0. The summed E-state index contributed by atoms with van der Waals surface area (Å²) in [6.07, 6.45) is 6.30. The zero-order chi connectivity index (χ0) is 23.7. The minimum Gasteiger partial charge on any atom is -0.476 e. The summed E-state index contributed by atoms with van der Waals surface area (Å²) >= 11 is 0. The summed E-state index contributed by atoms with van der Waals surface area (Å²) in [5.41, 5.74) is 3.19. The Morgan fingerprint density at radius 3 is 2.41 bits per heavy atom. The molecule has 34 heavy (non-hydrogen) atoms. The van der Waals surface area contributed by atoms with Crippen LogP contribution in [-0.4, -0.2) is 36.9 Å². The molecule has 0 aliphatic carbocycles. The number of halogens is 1. The number of carbonyl (C=O) groups excluding carboxylic acids is 1. The van der Waals surface area contributed by atoms with Crippen LogP contribution in [0, 0.1) is 5.82 Å². The van der Waals surface area contributed by atoms with E-state index in [1.54, 1.807) is 61.1 Å². The number of anilines is 1. The molecule has 0 aliphatic rings. The van der Waals surface area contributed by atoms with Crippen LogP contribution in [0.3, 0.4) is 0 Å². The molecule has 0 aliphatic heterocycles. The van der Waals surface area contributed by atoms with Gasteiger partial charge in [-0.05, 0) is 47.5 Å². The summed E-state index contributed by atoms with van der Waals surface area (Å²) in [4.78, 5) is 33.0. The molecule has 1 amide bonds. The van der Waals surface area contributed by atoms with Gasteiger partial charge in [0.2, 0.25) is 0 Å². The van der Waals surface area contributed by atoms with Crippen molar-refractivity contribution in [2.45, 2.75) is 0 Å². The Labute approximate surface area is 192 Å². The molecule has 3 aromatic heterocycles. The molecule has 9 heteroatoms. The molecule has 0 spiro atoms. The minimum atomic E-state index is -1.25. The van der Waals surface area contributed by atoms with Crippen LogP contribution in [0.15, 0.2) is 85.5 Å². The Kier molecular flexibility index (Phi) is 5.27. The topological polar surface area (TPSA) is 110 Å². The van der Waals surface area contributed by atoms with Crippen LogP contribution in [0.5, 0.6) is 0 Å². The second kappa shape index (κ2) is 8.55. The summed E-state index contributed by atoms with van der Waals surface area (Å²) < 4.78 is 14.6. The summed E-state index contributed by atoms with van der Waals surface area (Å²) in [6.45, 7) is 0. The molecule has 166 valence electrons. The molecule has 0 bridgehead atoms. The normalized spacial score (nSPS) is 10.9. The third-order valence-corrected chi connectivity index (χ3v) is 5.22. The first-order chi connectivity index (χ1) is 16.5. The number of nitrogens with one attached hydrogen (secondary N) is 1. The fourth-order valence-corrected chi connectivity index (χ4v) is 3.65. The highest BCUT2D eigenvalue weighted by atomic mass is 19.1. The Morgan fingerprint density at radius 1 is 0.853 bits per heavy atom. The van der Waals surface area contributed by atoms with Crippen LogP contribution in [0.4, 0.5) is 14.9 Å². The van der Waals surface area contributed by atoms with Gasteiger partial charge in [0.25, 0.3) is 0 Å². The van der Waals surface area contributed by atoms with E-state index in [0.29, 0.717) is 27.7 Å². The Hall–Kier alpha value is -4.92. The molecular weight excluding hydrogens is 437 g/mol. The van der Waals surface area contributed by atoms with Gasteiger partial charge in [0, 0.05) is 35.1 Å². The third-order valence-electron chi connectivity index (χ3n) is 5.22. The van der Waals surface area contributed by atoms with Gasteiger partial charge < -0.3 is 10.4 Å². The number of hydrogen-bond donors (Lipinski definition) is 2. The van der Waals surface area contributed by atoms with E-state index in [9.17, 15) is 19.1 Å². The molecule has 5 rings (SSSR count). The lowest BCUT2D eigenvalue weighted by molar-refractivity contribution is 0.0692. The van der Waals surface area contributed by atoms with Crippen LogP contribution in [0.25, 0.3) is 33.2 Å². The summed E-state index contributed by atoms with van der Waals surface area (Å²) in [5.74, 6) is -1.64. The first kappa shape index (κ1) is 21.0. The van der Waals surface area contributed by atoms with Gasteiger partial charge >= 0.3 is 12.0 Å². The molecule has 0 radical (unpaired) electrons. The molecule has 0 saturated carbocycles. The fourth-order valence-electron chi connectivity index (χ4n) is 3.65. The monoisotopic (exact) mass is 453 g/mol. The van der Waals surface area contributed by atoms with Crippen molar-refractivity contribution in [3.63, 3.8) is 0 Å². The van der Waals surface area contributed by atoms with E-state index in [1.807, 2.05) is 6.07 Å². The van der Waals surface area contributed by atoms with Gasteiger partial charge in [0.05, 0.1) is 17.4 Å². The van der Waals surface area contributed by atoms with E-state index >= 15 is 0 Å². The largest absolute Gasteiger partial charge is 0.476 e. The molecule has 0 unspecified atom stereocenters. The standard InChI is InChI=1S/C25H16FN5O3/c26-19-5-1-3-15(9-19)18-10-20(14-28-13-18)29-25(34)31-22-7-6-16(17-4-2-8-27-12-17)11-21(22)23(30-31)24(32)33/h1-14H,(H,29,34)(H,32,33). The molecule has 8 nitrogen and oxygen atoms in total. The maximum absolute atomic E-state index is 13.6. The molecule has 2 aromatic carbocycles. The number of nitrogens with zero attached hydrogens (tertiary/aromatic N) is 4. The van der Waals surface area contributed by atoms with E-state index in [1.165, 1.54) is 18.3 Å². The van der Waals surface area contributed by atoms with E-state index in [-0.39, 0.29) is 11.5 Å². The van der Waals surface area contributed by atoms with Crippen molar-refractivity contribution in [2.75, 3.05) is 5.32 Å². The number of carbonyl (C=O) groups is 2. The van der Waals surface area contributed by atoms with Gasteiger partial charge in [-0.3, -0.25) is 9.97 Å². The first-order valence-corrected chi connectivity index (χ1v) is 10.2. The highest BCUT2D eigenvalue weighted by molar-refractivity contribution is 6.06. The van der Waals surface area contributed by atoms with Gasteiger partial charge in [-0.2, -0.15) is 9.78 Å². The minimum absolute atomic E-state index is 0.248. The number of carboxylic acids is 1. The summed E-state index contributed by atoms with van der Waals surface area (Å²) in [6, 6.07) is 15.7. The second-order valence-electron chi connectivity index (χ2n) is 7.44. The van der Waals surface area contributed by atoms with Crippen LogP contribution >= 0.6 is 0 Å². The number of fused-ring (bicyclic) bond motifs is 1. The van der Waals surface area contributed by atoms with Gasteiger partial charge in [-0.25, -0.2) is 14.0 Å². The lowest BCUT2D eigenvalue weighted by atomic mass is 10.0. The quantitative estimate of drug-likeness (QED) is 0.393. The van der Waals surface area contributed by atoms with Crippen LogP contribution < -0.4 is 5.32 Å². The third kappa shape index (κ3) is 3.97. The predicted molar refractivity (Wildman–Crippen MR) is 124 cm³/mol. The first-order valence-electron chi connectivity index (χ1n) is 10.2. The predicted octanol–water partition coefficient (Wildman–Crippen LogP) is 5.08. The Bertz CT molecular complexity index is 1550. The number of carboxylic acid groups (broad SMARTS) is 1. The van der Waals surface area contributed by atoms with Crippen molar-refractivity contribution in [1.29, 1.82) is 0 Å². The van der Waals surface area contributed by atoms with Gasteiger partial charge in [0.15, 0.2) is 5.69 Å². The number of rotatable bonds is 4. The van der Waals surface area contributed by atoms with Crippen molar-refractivity contribution in [2.24, 2.45) is 0 Å². The molecule has 2 N–H and O–H groups in total. The highest BCUT2D eigenvalue weighted by Gasteiger charge is 2.21. The van der Waals surface area contributed by atoms with Crippen molar-refractivity contribution in [3.05, 3.63) is 97.0 Å². The second-order valence-corrected chi connectivity index (χ2v) is 7.44.